The van der Waals surface area contributed by atoms with E-state index in [4.69, 9.17) is 0 Å². The lowest BCUT2D eigenvalue weighted by atomic mass is 9.64. The Morgan fingerprint density at radius 3 is 2.26 bits per heavy atom. The Bertz CT molecular complexity index is 920. The van der Waals surface area contributed by atoms with Gasteiger partial charge in [-0.1, -0.05) is 36.8 Å². The van der Waals surface area contributed by atoms with Gasteiger partial charge in [-0.25, -0.2) is 8.42 Å². The predicted octanol–water partition coefficient (Wildman–Crippen LogP) is 3.08. The maximum atomic E-state index is 12.6. The topological polar surface area (TPSA) is 66.5 Å². The van der Waals surface area contributed by atoms with E-state index >= 15 is 0 Å². The van der Waals surface area contributed by atoms with Crippen LogP contribution in [-0.4, -0.2) is 33.2 Å². The van der Waals surface area contributed by atoms with Crippen molar-refractivity contribution in [3.8, 4) is 0 Å². The molecule has 0 atom stereocenters. The van der Waals surface area contributed by atoms with Crippen LogP contribution < -0.4 is 9.62 Å². The van der Waals surface area contributed by atoms with Crippen LogP contribution in [0.4, 0.5) is 5.69 Å². The van der Waals surface area contributed by atoms with Gasteiger partial charge in [0.1, 0.15) is 0 Å². The van der Waals surface area contributed by atoms with E-state index in [0.717, 1.165) is 12.8 Å². The van der Waals surface area contributed by atoms with E-state index in [0.29, 0.717) is 30.8 Å². The molecule has 1 aliphatic carbocycles. The van der Waals surface area contributed by atoms with E-state index in [1.807, 2.05) is 18.2 Å². The Labute approximate surface area is 160 Å². The fraction of sp³-hybridized carbons (Fsp3) is 0.381. The molecule has 0 aromatic heterocycles. The maximum absolute atomic E-state index is 12.6. The first-order valence-corrected chi connectivity index (χ1v) is 11.1. The molecule has 1 saturated carbocycles. The van der Waals surface area contributed by atoms with E-state index in [2.05, 4.69) is 17.4 Å². The number of hydrogen-bond donors (Lipinski definition) is 1. The highest BCUT2D eigenvalue weighted by atomic mass is 32.2. The predicted molar refractivity (Wildman–Crippen MR) is 106 cm³/mol. The Morgan fingerprint density at radius 1 is 1.00 bits per heavy atom. The second-order valence-electron chi connectivity index (χ2n) is 7.47. The zero-order valence-corrected chi connectivity index (χ0v) is 16.0. The smallest absolute Gasteiger partial charge is 0.251 e. The lowest BCUT2D eigenvalue weighted by Gasteiger charge is -2.42. The summed E-state index contributed by atoms with van der Waals surface area (Å²) in [5.74, 6) is 0.0737. The first-order chi connectivity index (χ1) is 13.0. The molecule has 5 nitrogen and oxygen atoms in total. The molecule has 2 fully saturated rings. The Kier molecular flexibility index (Phi) is 4.68. The van der Waals surface area contributed by atoms with Crippen molar-refractivity contribution in [3.05, 3.63) is 65.7 Å². The number of benzene rings is 2. The average Bonchev–Trinajstić information content (AvgIpc) is 3.01. The van der Waals surface area contributed by atoms with Gasteiger partial charge in [-0.2, -0.15) is 0 Å². The summed E-state index contributed by atoms with van der Waals surface area (Å²) in [5, 5.41) is 3.07. The standard InChI is InChI=1S/C21H24N2O3S/c24-20(22-16-21(12-4-13-21)18-6-2-1-3-7-18)17-8-10-19(11-9-17)23-14-5-15-27(23,25)26/h1-3,6-11H,4-5,12-16H2,(H,22,24). The summed E-state index contributed by atoms with van der Waals surface area (Å²) in [6.07, 6.45) is 4.00. The van der Waals surface area contributed by atoms with Crippen LogP contribution in [0.15, 0.2) is 54.6 Å². The second-order valence-corrected chi connectivity index (χ2v) is 9.48. The lowest BCUT2D eigenvalue weighted by Crippen LogP contribution is -2.45. The summed E-state index contributed by atoms with van der Waals surface area (Å²) in [6.45, 7) is 1.13. The molecule has 1 heterocycles. The number of rotatable bonds is 5. The van der Waals surface area contributed by atoms with E-state index in [1.165, 1.54) is 16.3 Å². The molecule has 2 aromatic rings. The molecule has 1 amide bonds. The van der Waals surface area contributed by atoms with Crippen LogP contribution in [0.2, 0.25) is 0 Å². The molecule has 4 rings (SSSR count). The molecule has 142 valence electrons. The fourth-order valence-electron chi connectivity index (χ4n) is 4.02. The normalized spacial score (nSPS) is 20.1. The van der Waals surface area contributed by atoms with Gasteiger partial charge >= 0.3 is 0 Å². The van der Waals surface area contributed by atoms with Gasteiger partial charge in [0.2, 0.25) is 10.0 Å². The Hall–Kier alpha value is -2.34. The number of carbonyl (C=O) groups is 1. The summed E-state index contributed by atoms with van der Waals surface area (Å²) >= 11 is 0. The zero-order chi connectivity index (χ0) is 18.9. The summed E-state index contributed by atoms with van der Waals surface area (Å²) in [4.78, 5) is 12.6. The van der Waals surface area contributed by atoms with E-state index in [9.17, 15) is 13.2 Å². The van der Waals surface area contributed by atoms with Crippen LogP contribution in [0.25, 0.3) is 0 Å². The van der Waals surface area contributed by atoms with Crippen molar-refractivity contribution in [2.24, 2.45) is 0 Å². The van der Waals surface area contributed by atoms with Crippen LogP contribution in [-0.2, 0) is 15.4 Å². The molecule has 1 N–H and O–H groups in total. The molecule has 1 aliphatic heterocycles. The van der Waals surface area contributed by atoms with Crippen LogP contribution in [0.5, 0.6) is 0 Å². The van der Waals surface area contributed by atoms with Crippen molar-refractivity contribution in [1.29, 1.82) is 0 Å². The van der Waals surface area contributed by atoms with Gasteiger partial charge in [-0.05, 0) is 49.1 Å². The third-order valence-electron chi connectivity index (χ3n) is 5.80. The van der Waals surface area contributed by atoms with Crippen molar-refractivity contribution < 1.29 is 13.2 Å². The van der Waals surface area contributed by atoms with Crippen molar-refractivity contribution in [1.82, 2.24) is 5.32 Å². The quantitative estimate of drug-likeness (QED) is 0.861. The molecular weight excluding hydrogens is 360 g/mol. The Morgan fingerprint density at radius 2 is 1.70 bits per heavy atom. The van der Waals surface area contributed by atoms with Gasteiger partial charge < -0.3 is 5.32 Å². The monoisotopic (exact) mass is 384 g/mol. The Balaban J connectivity index is 1.43. The number of sulfonamides is 1. The van der Waals surface area contributed by atoms with Crippen molar-refractivity contribution in [2.75, 3.05) is 23.1 Å². The van der Waals surface area contributed by atoms with Crippen molar-refractivity contribution in [3.63, 3.8) is 0 Å². The van der Waals surface area contributed by atoms with Crippen molar-refractivity contribution in [2.45, 2.75) is 31.1 Å². The highest BCUT2D eigenvalue weighted by Gasteiger charge is 2.38. The number of nitrogens with zero attached hydrogens (tertiary/aromatic N) is 1. The zero-order valence-electron chi connectivity index (χ0n) is 15.2. The molecule has 0 radical (unpaired) electrons. The van der Waals surface area contributed by atoms with E-state index in [1.54, 1.807) is 24.3 Å². The molecule has 0 unspecified atom stereocenters. The molecular formula is C21H24N2O3S. The van der Waals surface area contributed by atoms with Crippen LogP contribution in [0.3, 0.4) is 0 Å². The van der Waals surface area contributed by atoms with Gasteiger partial charge in [0.15, 0.2) is 0 Å². The molecule has 2 aliphatic rings. The maximum Gasteiger partial charge on any atom is 0.251 e. The minimum atomic E-state index is -3.20. The van der Waals surface area contributed by atoms with Crippen molar-refractivity contribution >= 4 is 21.6 Å². The van der Waals surface area contributed by atoms with Crippen LogP contribution >= 0.6 is 0 Å². The van der Waals surface area contributed by atoms with Gasteiger partial charge in [0.25, 0.3) is 5.91 Å². The van der Waals surface area contributed by atoms with Gasteiger partial charge in [-0.3, -0.25) is 9.10 Å². The first-order valence-electron chi connectivity index (χ1n) is 9.44. The summed E-state index contributed by atoms with van der Waals surface area (Å²) in [6, 6.07) is 17.2. The number of nitrogens with one attached hydrogen (secondary N) is 1. The summed E-state index contributed by atoms with van der Waals surface area (Å²) in [5.41, 5.74) is 2.51. The number of amides is 1. The highest BCUT2D eigenvalue weighted by molar-refractivity contribution is 7.93. The molecule has 0 spiro atoms. The summed E-state index contributed by atoms with van der Waals surface area (Å²) in [7, 11) is -3.20. The van der Waals surface area contributed by atoms with Gasteiger partial charge in [0, 0.05) is 24.1 Å². The van der Waals surface area contributed by atoms with Gasteiger partial charge in [-0.15, -0.1) is 0 Å². The third-order valence-corrected chi connectivity index (χ3v) is 7.67. The summed E-state index contributed by atoms with van der Waals surface area (Å²) < 4.78 is 25.5. The first kappa shape index (κ1) is 18.0. The molecule has 1 saturated heterocycles. The molecule has 2 aromatic carbocycles. The average molecular weight is 385 g/mol. The van der Waals surface area contributed by atoms with Crippen LogP contribution in [0, 0.1) is 0 Å². The van der Waals surface area contributed by atoms with Crippen LogP contribution in [0.1, 0.15) is 41.6 Å². The molecule has 0 bridgehead atoms. The largest absolute Gasteiger partial charge is 0.351 e. The number of hydrogen-bond acceptors (Lipinski definition) is 3. The SMILES string of the molecule is O=C(NCC1(c2ccccc2)CCC1)c1ccc(N2CCCS2(=O)=O)cc1. The second kappa shape index (κ2) is 7.00. The molecule has 6 heteroatoms. The van der Waals surface area contributed by atoms with E-state index in [-0.39, 0.29) is 17.1 Å². The van der Waals surface area contributed by atoms with E-state index < -0.39 is 10.0 Å². The number of carbonyl (C=O) groups excluding carboxylic acids is 1. The lowest BCUT2D eigenvalue weighted by molar-refractivity contribution is 0.0928. The van der Waals surface area contributed by atoms with Gasteiger partial charge in [0.05, 0.1) is 11.4 Å². The highest BCUT2D eigenvalue weighted by Crippen LogP contribution is 2.43. The fourth-order valence-corrected chi connectivity index (χ4v) is 5.59. The number of anilines is 1. The molecule has 27 heavy (non-hydrogen) atoms. The minimum absolute atomic E-state index is 0.0422. The third kappa shape index (κ3) is 3.46. The minimum Gasteiger partial charge on any atom is -0.351 e.